The average Bonchev–Trinajstić information content (AvgIpc) is 3.61. The number of fused-ring (bicyclic) bond motifs is 7. The minimum atomic E-state index is -2.24. The van der Waals surface area contributed by atoms with E-state index in [0.717, 1.165) is 6.07 Å². The van der Waals surface area contributed by atoms with Crippen LogP contribution >= 0.6 is 0 Å². The Morgan fingerprint density at radius 2 is 1.79 bits per heavy atom. The molecule has 2 bridgehead atoms. The molecule has 4 fully saturated rings. The molecule has 1 aromatic carbocycles. The summed E-state index contributed by atoms with van der Waals surface area (Å²) in [5, 5.41) is 27.8. The zero-order valence-corrected chi connectivity index (χ0v) is 35.6. The van der Waals surface area contributed by atoms with E-state index in [2.05, 4.69) is 16.9 Å². The molecule has 5 aliphatic rings. The maximum Gasteiger partial charge on any atom is 0.408 e. The van der Waals surface area contributed by atoms with Gasteiger partial charge in [0.2, 0.25) is 6.29 Å². The minimum absolute atomic E-state index is 0.0745. The van der Waals surface area contributed by atoms with Gasteiger partial charge in [0.15, 0.2) is 11.7 Å². The molecule has 2 aliphatic heterocycles. The zero-order valence-electron chi connectivity index (χ0n) is 35.6. The number of hydrogen-bond donors (Lipinski definition) is 3. The van der Waals surface area contributed by atoms with Crippen LogP contribution in [0.4, 0.5) is 9.18 Å². The molecule has 16 heteroatoms. The second kappa shape index (κ2) is 15.8. The third kappa shape index (κ3) is 7.48. The number of aliphatic hydroxyl groups is 2. The van der Waals surface area contributed by atoms with E-state index in [1.54, 1.807) is 71.9 Å². The standard InChI is InChI=1S/C45H55FN2O13/c1-10-29-57-34-30-23(2)27(56-39(52)33(50)32(31-26(46)17-14-20-47-31)48-40(53)61-41(4,5)6)21-45(54,42(30,7)8)37(59-38(51)25-15-12-11-13-16-25)35-43(9,36(34)58-29)19-18-28-44(35,22-55-28)60-24(3)49/h10-17,20,23,27-29,32-33,35-37,50,54H,1,18-19,21-22H2,2-9H3,(H,48,53)/b34-30+/t23?,27-,28+,29+,32-,33+,35-,36?,37-,43+,44-,45+/m0/s1. The monoisotopic (exact) mass is 850 g/mol. The number of carbonyl (C=O) groups excluding carboxylic acids is 4. The van der Waals surface area contributed by atoms with Crippen molar-refractivity contribution in [3.63, 3.8) is 0 Å². The van der Waals surface area contributed by atoms with Crippen LogP contribution in [0.5, 0.6) is 0 Å². The molecule has 2 saturated heterocycles. The molecule has 330 valence electrons. The predicted molar refractivity (Wildman–Crippen MR) is 212 cm³/mol. The molecule has 3 heterocycles. The molecule has 3 aliphatic carbocycles. The van der Waals surface area contributed by atoms with E-state index in [1.807, 2.05) is 6.92 Å². The van der Waals surface area contributed by atoms with E-state index in [9.17, 15) is 29.4 Å². The van der Waals surface area contributed by atoms with E-state index < -0.39 is 118 Å². The van der Waals surface area contributed by atoms with Gasteiger partial charge < -0.3 is 48.7 Å². The maximum atomic E-state index is 15.3. The van der Waals surface area contributed by atoms with Crippen molar-refractivity contribution >= 4 is 24.0 Å². The van der Waals surface area contributed by atoms with Crippen molar-refractivity contribution in [2.24, 2.45) is 22.7 Å². The summed E-state index contributed by atoms with van der Waals surface area (Å²) in [5.41, 5.74) is -6.73. The van der Waals surface area contributed by atoms with Crippen molar-refractivity contribution in [2.45, 2.75) is 134 Å². The average molecular weight is 851 g/mol. The number of rotatable bonds is 9. The second-order valence-electron chi connectivity index (χ2n) is 18.5. The fourth-order valence-electron chi connectivity index (χ4n) is 10.4. The van der Waals surface area contributed by atoms with E-state index in [4.69, 9.17) is 33.2 Å². The number of aliphatic hydroxyl groups excluding tert-OH is 1. The fourth-order valence-corrected chi connectivity index (χ4v) is 10.4. The van der Waals surface area contributed by atoms with Gasteiger partial charge in [0.05, 0.1) is 18.1 Å². The number of carbonyl (C=O) groups is 4. The van der Waals surface area contributed by atoms with Crippen molar-refractivity contribution in [3.8, 4) is 0 Å². The lowest BCUT2D eigenvalue weighted by Gasteiger charge is -2.67. The molecule has 61 heavy (non-hydrogen) atoms. The van der Waals surface area contributed by atoms with Crippen molar-refractivity contribution < 1.29 is 66.9 Å². The van der Waals surface area contributed by atoms with Crippen molar-refractivity contribution in [2.75, 3.05) is 6.61 Å². The molecule has 15 nitrogen and oxygen atoms in total. The largest absolute Gasteiger partial charge is 0.463 e. The van der Waals surface area contributed by atoms with Gasteiger partial charge in [-0.2, -0.15) is 0 Å². The second-order valence-corrected chi connectivity index (χ2v) is 18.5. The topological polar surface area (TPSA) is 198 Å². The number of ether oxygens (including phenoxy) is 7. The Balaban J connectivity index is 1.37. The van der Waals surface area contributed by atoms with E-state index >= 15 is 4.39 Å². The number of pyridine rings is 1. The Kier molecular flexibility index (Phi) is 11.4. The van der Waals surface area contributed by atoms with Crippen LogP contribution in [0.2, 0.25) is 0 Å². The first kappa shape index (κ1) is 44.2. The summed E-state index contributed by atoms with van der Waals surface area (Å²) in [5.74, 6) is -5.01. The SMILES string of the molecule is C=C[C@@H]1O/C2=C3\C(C)[C@@H](OC(=O)[C@H](O)[C@@H](NC(=O)OC(C)(C)C)c4ncccc4F)C[C@@](O)([C@@H](OC(=O)c4ccccc4)[C@@H]4[C@]5(OC(C)=O)CO[C@@H]5CC[C@@]4(C)C2O1)C3(C)C. The molecular formula is C45H55FN2O13. The Morgan fingerprint density at radius 3 is 2.39 bits per heavy atom. The van der Waals surface area contributed by atoms with Crippen LogP contribution in [0, 0.1) is 28.5 Å². The summed E-state index contributed by atoms with van der Waals surface area (Å²) in [7, 11) is 0. The maximum absolute atomic E-state index is 15.3. The highest BCUT2D eigenvalue weighted by Crippen LogP contribution is 2.67. The van der Waals surface area contributed by atoms with Gasteiger partial charge >= 0.3 is 24.0 Å². The summed E-state index contributed by atoms with van der Waals surface area (Å²) in [6.45, 7) is 17.2. The Bertz CT molecular complexity index is 2110. The van der Waals surface area contributed by atoms with Crippen LogP contribution in [-0.2, 0) is 42.7 Å². The van der Waals surface area contributed by atoms with Gasteiger partial charge in [-0.05, 0) is 69.5 Å². The number of nitrogens with one attached hydrogen (secondary N) is 1. The highest BCUT2D eigenvalue weighted by atomic mass is 19.1. The lowest BCUT2D eigenvalue weighted by Crippen LogP contribution is -2.79. The van der Waals surface area contributed by atoms with Gasteiger partial charge in [0.1, 0.15) is 58.9 Å². The van der Waals surface area contributed by atoms with Crippen LogP contribution in [0.3, 0.4) is 0 Å². The first-order valence-corrected chi connectivity index (χ1v) is 20.5. The molecule has 1 aromatic heterocycles. The molecule has 12 atom stereocenters. The third-order valence-electron chi connectivity index (χ3n) is 13.3. The minimum Gasteiger partial charge on any atom is -0.463 e. The van der Waals surface area contributed by atoms with Gasteiger partial charge in [-0.15, -0.1) is 0 Å². The number of benzene rings is 1. The zero-order chi connectivity index (χ0) is 44.4. The van der Waals surface area contributed by atoms with Gasteiger partial charge in [-0.1, -0.05) is 52.5 Å². The Labute approximate surface area is 353 Å². The molecule has 3 N–H and O–H groups in total. The molecule has 2 saturated carbocycles. The summed E-state index contributed by atoms with van der Waals surface area (Å²) in [6, 6.07) is 8.82. The van der Waals surface area contributed by atoms with Crippen molar-refractivity contribution in [1.29, 1.82) is 0 Å². The first-order chi connectivity index (χ1) is 28.6. The molecule has 1 amide bonds. The summed E-state index contributed by atoms with van der Waals surface area (Å²) < 4.78 is 58.9. The van der Waals surface area contributed by atoms with Gasteiger partial charge in [-0.3, -0.25) is 9.78 Å². The summed E-state index contributed by atoms with van der Waals surface area (Å²) >= 11 is 0. The number of amides is 1. The quantitative estimate of drug-likeness (QED) is 0.165. The number of hydrogen-bond acceptors (Lipinski definition) is 14. The van der Waals surface area contributed by atoms with Crippen LogP contribution in [-0.4, -0.2) is 99.4 Å². The van der Waals surface area contributed by atoms with Gasteiger partial charge in [0.25, 0.3) is 0 Å². The predicted octanol–water partition coefficient (Wildman–Crippen LogP) is 5.39. The van der Waals surface area contributed by atoms with Crippen molar-refractivity contribution in [1.82, 2.24) is 10.3 Å². The van der Waals surface area contributed by atoms with Crippen molar-refractivity contribution in [3.05, 3.63) is 89.7 Å². The highest BCUT2D eigenvalue weighted by molar-refractivity contribution is 5.89. The lowest BCUT2D eigenvalue weighted by atomic mass is 9.45. The number of halogens is 1. The summed E-state index contributed by atoms with van der Waals surface area (Å²) in [6.07, 6.45) is -5.37. The van der Waals surface area contributed by atoms with Crippen LogP contribution in [0.25, 0.3) is 0 Å². The molecular weight excluding hydrogens is 795 g/mol. The molecule has 7 rings (SSSR count). The van der Waals surface area contributed by atoms with E-state index in [0.29, 0.717) is 24.2 Å². The summed E-state index contributed by atoms with van der Waals surface area (Å²) in [4.78, 5) is 58.7. The van der Waals surface area contributed by atoms with Gasteiger partial charge in [0, 0.05) is 36.3 Å². The first-order valence-electron chi connectivity index (χ1n) is 20.5. The highest BCUT2D eigenvalue weighted by Gasteiger charge is 2.76. The van der Waals surface area contributed by atoms with Gasteiger partial charge in [-0.25, -0.2) is 18.8 Å². The van der Waals surface area contributed by atoms with Crippen LogP contribution < -0.4 is 5.32 Å². The van der Waals surface area contributed by atoms with Crippen LogP contribution in [0.15, 0.2) is 72.6 Å². The van der Waals surface area contributed by atoms with Crippen LogP contribution in [0.1, 0.15) is 96.7 Å². The number of esters is 3. The molecule has 2 unspecified atom stereocenters. The number of aromatic nitrogens is 1. The van der Waals surface area contributed by atoms with E-state index in [1.165, 1.54) is 25.3 Å². The fraction of sp³-hybridized carbons (Fsp3) is 0.578. The normalized spacial score (nSPS) is 35.7. The number of nitrogens with zero attached hydrogens (tertiary/aromatic N) is 1. The number of alkyl carbamates (subject to hydrolysis) is 1. The molecule has 0 spiro atoms. The molecule has 2 aromatic rings. The lowest BCUT2D eigenvalue weighted by molar-refractivity contribution is -0.344. The Morgan fingerprint density at radius 1 is 1.08 bits per heavy atom. The van der Waals surface area contributed by atoms with E-state index in [-0.39, 0.29) is 18.6 Å². The smallest absolute Gasteiger partial charge is 0.408 e. The third-order valence-corrected chi connectivity index (χ3v) is 13.3. The molecule has 0 radical (unpaired) electrons. The Hall–Kier alpha value is -4.90.